The first-order chi connectivity index (χ1) is 29.8. The van der Waals surface area contributed by atoms with E-state index in [1.165, 1.54) is 107 Å². The number of hydrogen-bond acceptors (Lipinski definition) is 3. The minimum atomic E-state index is -0.461. The maximum Gasteiger partial charge on any atom is 0.0713 e. The summed E-state index contributed by atoms with van der Waals surface area (Å²) in [5.74, 6) is 0. The number of rotatable bonds is 5. The molecule has 0 amide bonds. The summed E-state index contributed by atoms with van der Waals surface area (Å²) in [5, 5.41) is 10.3. The Kier molecular flexibility index (Phi) is 7.33. The number of anilines is 3. The molecule has 0 radical (unpaired) electrons. The van der Waals surface area contributed by atoms with Crippen LogP contribution < -0.4 is 4.90 Å². The van der Waals surface area contributed by atoms with Gasteiger partial charge in [0.05, 0.1) is 26.2 Å². The summed E-state index contributed by atoms with van der Waals surface area (Å²) in [6.07, 6.45) is 0. The van der Waals surface area contributed by atoms with Gasteiger partial charge in [-0.25, -0.2) is 0 Å². The fourth-order valence-corrected chi connectivity index (χ4v) is 13.0. The quantitative estimate of drug-likeness (QED) is 0.168. The van der Waals surface area contributed by atoms with Gasteiger partial charge in [0.1, 0.15) is 0 Å². The number of thiophene rings is 2. The van der Waals surface area contributed by atoms with E-state index in [9.17, 15) is 0 Å². The normalized spacial score (nSPS) is 13.1. The Labute approximate surface area is 355 Å². The fourth-order valence-electron chi connectivity index (χ4n) is 10.4. The van der Waals surface area contributed by atoms with Gasteiger partial charge in [-0.3, -0.25) is 0 Å². The molecule has 60 heavy (non-hydrogen) atoms. The maximum absolute atomic E-state index is 2.56. The Hall–Kier alpha value is -7.04. The molecule has 2 aromatic heterocycles. The monoisotopic (exact) mass is 797 g/mol. The summed E-state index contributed by atoms with van der Waals surface area (Å²) in [5.41, 5.74) is 10.8. The van der Waals surface area contributed by atoms with Crippen molar-refractivity contribution in [3.05, 3.63) is 235 Å². The van der Waals surface area contributed by atoms with Crippen molar-refractivity contribution >= 4 is 102 Å². The predicted molar refractivity (Wildman–Crippen MR) is 259 cm³/mol. The van der Waals surface area contributed by atoms with Gasteiger partial charge < -0.3 is 4.90 Å². The molecule has 0 unspecified atom stereocenters. The Morgan fingerprint density at radius 1 is 0.317 bits per heavy atom. The first-order valence-corrected chi connectivity index (χ1v) is 22.2. The molecular formula is C57H35NS2. The zero-order valence-electron chi connectivity index (χ0n) is 32.5. The van der Waals surface area contributed by atoms with E-state index in [1.807, 2.05) is 22.7 Å². The number of benzene rings is 10. The van der Waals surface area contributed by atoms with Crippen molar-refractivity contribution in [3.63, 3.8) is 0 Å². The highest BCUT2D eigenvalue weighted by atomic mass is 32.1. The van der Waals surface area contributed by atoms with Gasteiger partial charge in [-0.15, -0.1) is 22.7 Å². The molecule has 0 aliphatic heterocycles. The van der Waals surface area contributed by atoms with Crippen LogP contribution in [0.5, 0.6) is 0 Å². The first kappa shape index (κ1) is 33.9. The van der Waals surface area contributed by atoms with Crippen LogP contribution in [0.25, 0.3) is 73.0 Å². The zero-order chi connectivity index (χ0) is 39.4. The Morgan fingerprint density at radius 2 is 0.783 bits per heavy atom. The Morgan fingerprint density at radius 3 is 1.37 bits per heavy atom. The van der Waals surface area contributed by atoms with Crippen LogP contribution in [0.15, 0.2) is 212 Å². The second-order valence-electron chi connectivity index (χ2n) is 15.9. The minimum Gasteiger partial charge on any atom is -0.308 e. The van der Waals surface area contributed by atoms with Gasteiger partial charge in [-0.1, -0.05) is 188 Å². The third-order valence-corrected chi connectivity index (χ3v) is 15.5. The van der Waals surface area contributed by atoms with Gasteiger partial charge in [0.15, 0.2) is 0 Å². The van der Waals surface area contributed by atoms with Crippen LogP contribution in [-0.4, -0.2) is 0 Å². The van der Waals surface area contributed by atoms with E-state index in [0.29, 0.717) is 0 Å². The summed E-state index contributed by atoms with van der Waals surface area (Å²) < 4.78 is 5.24. The van der Waals surface area contributed by atoms with E-state index >= 15 is 0 Å². The van der Waals surface area contributed by atoms with Crippen LogP contribution in [0.1, 0.15) is 22.3 Å². The number of hydrogen-bond donors (Lipinski definition) is 0. The SMILES string of the molecule is c1ccc(C2(c3ccccc3)c3ccccc3-c3cc(N(c4cccc5c4sc4c6ccccc6ccc54)c4cccc5c4sc4c6ccccc6ccc54)ccc32)cc1. The first-order valence-electron chi connectivity index (χ1n) is 20.6. The second kappa shape index (κ2) is 13.0. The van der Waals surface area contributed by atoms with Crippen LogP contribution in [0.4, 0.5) is 17.1 Å². The van der Waals surface area contributed by atoms with Crippen molar-refractivity contribution in [3.8, 4) is 11.1 Å². The van der Waals surface area contributed by atoms with Crippen LogP contribution in [0.3, 0.4) is 0 Å². The van der Waals surface area contributed by atoms with Crippen LogP contribution in [-0.2, 0) is 5.41 Å². The van der Waals surface area contributed by atoms with Crippen molar-refractivity contribution in [2.45, 2.75) is 5.41 Å². The summed E-state index contributed by atoms with van der Waals surface area (Å²) in [4.78, 5) is 2.56. The van der Waals surface area contributed by atoms with Crippen LogP contribution in [0, 0.1) is 0 Å². The molecule has 0 fully saturated rings. The topological polar surface area (TPSA) is 3.24 Å². The lowest BCUT2D eigenvalue weighted by molar-refractivity contribution is 0.768. The molecule has 1 nitrogen and oxygen atoms in total. The molecule has 0 atom stereocenters. The molecule has 3 heteroatoms. The average molecular weight is 798 g/mol. The molecule has 0 bridgehead atoms. The average Bonchev–Trinajstić information content (AvgIpc) is 3.99. The highest BCUT2D eigenvalue weighted by molar-refractivity contribution is 7.28. The molecule has 12 aromatic rings. The molecule has 0 saturated carbocycles. The molecule has 10 aromatic carbocycles. The molecular weight excluding hydrogens is 763 g/mol. The molecule has 0 saturated heterocycles. The smallest absolute Gasteiger partial charge is 0.0713 e. The van der Waals surface area contributed by atoms with Crippen molar-refractivity contribution in [1.29, 1.82) is 0 Å². The van der Waals surface area contributed by atoms with E-state index in [2.05, 4.69) is 217 Å². The molecule has 280 valence electrons. The number of nitrogens with zero attached hydrogens (tertiary/aromatic N) is 1. The van der Waals surface area contributed by atoms with Crippen molar-refractivity contribution < 1.29 is 0 Å². The van der Waals surface area contributed by atoms with Gasteiger partial charge >= 0.3 is 0 Å². The summed E-state index contributed by atoms with van der Waals surface area (Å²) >= 11 is 3.84. The molecule has 13 rings (SSSR count). The Balaban J connectivity index is 1.13. The van der Waals surface area contributed by atoms with Crippen molar-refractivity contribution in [2.75, 3.05) is 4.90 Å². The molecule has 0 N–H and O–H groups in total. The summed E-state index contributed by atoms with van der Waals surface area (Å²) in [6.45, 7) is 0. The lowest BCUT2D eigenvalue weighted by Gasteiger charge is -2.34. The highest BCUT2D eigenvalue weighted by Crippen LogP contribution is 2.58. The second-order valence-corrected chi connectivity index (χ2v) is 18.0. The van der Waals surface area contributed by atoms with Gasteiger partial charge in [0.25, 0.3) is 0 Å². The largest absolute Gasteiger partial charge is 0.308 e. The highest BCUT2D eigenvalue weighted by Gasteiger charge is 2.46. The van der Waals surface area contributed by atoms with Gasteiger partial charge in [-0.2, -0.15) is 0 Å². The van der Waals surface area contributed by atoms with E-state index in [-0.39, 0.29) is 0 Å². The van der Waals surface area contributed by atoms with Crippen molar-refractivity contribution in [2.24, 2.45) is 0 Å². The van der Waals surface area contributed by atoms with Gasteiger partial charge in [0, 0.05) is 36.6 Å². The number of fused-ring (bicyclic) bond motifs is 13. The van der Waals surface area contributed by atoms with E-state index in [1.54, 1.807) is 0 Å². The van der Waals surface area contributed by atoms with Crippen LogP contribution in [0.2, 0.25) is 0 Å². The Bertz CT molecular complexity index is 3480. The third-order valence-electron chi connectivity index (χ3n) is 12.9. The van der Waals surface area contributed by atoms with Gasteiger partial charge in [-0.05, 0) is 79.2 Å². The summed E-state index contributed by atoms with van der Waals surface area (Å²) in [6, 6.07) is 79.1. The zero-order valence-corrected chi connectivity index (χ0v) is 34.1. The van der Waals surface area contributed by atoms with Gasteiger partial charge in [0.2, 0.25) is 0 Å². The predicted octanol–water partition coefficient (Wildman–Crippen LogP) is 16.6. The maximum atomic E-state index is 2.56. The van der Waals surface area contributed by atoms with E-state index in [0.717, 1.165) is 5.69 Å². The van der Waals surface area contributed by atoms with E-state index < -0.39 is 5.41 Å². The fraction of sp³-hybridized carbons (Fsp3) is 0.0175. The molecule has 2 heterocycles. The standard InChI is InChI=1S/C57H35NS2/c1-3-17-38(18-4-1)57(39-19-5-2-6-20-39)49-26-12-11-23-43(49)48-35-40(31-34-50(48)57)58(51-27-13-24-44-46-32-29-36-15-7-9-21-41(36)53(46)59-55(44)51)52-28-14-25-45-47-33-30-37-16-8-10-22-42(37)54(47)60-56(45)52/h1-35H. The minimum absolute atomic E-state index is 0.461. The third kappa shape index (κ3) is 4.67. The molecule has 0 spiro atoms. The summed E-state index contributed by atoms with van der Waals surface area (Å²) in [7, 11) is 0. The van der Waals surface area contributed by atoms with Crippen LogP contribution >= 0.6 is 22.7 Å². The van der Waals surface area contributed by atoms with E-state index in [4.69, 9.17) is 0 Å². The van der Waals surface area contributed by atoms with Crippen molar-refractivity contribution in [1.82, 2.24) is 0 Å². The lowest BCUT2D eigenvalue weighted by atomic mass is 9.68. The molecule has 1 aliphatic rings. The lowest BCUT2D eigenvalue weighted by Crippen LogP contribution is -2.28. The molecule has 1 aliphatic carbocycles.